The first-order valence-corrected chi connectivity index (χ1v) is 8.73. The largest absolute Gasteiger partial charge is 0.387 e. The molecule has 0 spiro atoms. The maximum Gasteiger partial charge on any atom is 0.185 e. The predicted octanol–water partition coefficient (Wildman–Crippen LogP) is 2.74. The second-order valence-corrected chi connectivity index (χ2v) is 6.78. The number of hydrogen-bond acceptors (Lipinski definition) is 5. The van der Waals surface area contributed by atoms with Crippen LogP contribution in [-0.2, 0) is 0 Å². The lowest BCUT2D eigenvalue weighted by atomic mass is 10.0. The van der Waals surface area contributed by atoms with Gasteiger partial charge in [-0.1, -0.05) is 29.8 Å². The van der Waals surface area contributed by atoms with Crippen LogP contribution in [0.1, 0.15) is 30.1 Å². The molecule has 3 rings (SSSR count). The van der Waals surface area contributed by atoms with Gasteiger partial charge in [-0.3, -0.25) is 0 Å². The highest BCUT2D eigenvalue weighted by molar-refractivity contribution is 7.13. The second kappa shape index (κ2) is 7.22. The highest BCUT2D eigenvalue weighted by Gasteiger charge is 2.21. The Morgan fingerprint density at radius 1 is 1.32 bits per heavy atom. The van der Waals surface area contributed by atoms with Crippen molar-refractivity contribution >= 4 is 16.5 Å². The van der Waals surface area contributed by atoms with Crippen LogP contribution in [0, 0.1) is 6.92 Å². The Morgan fingerprint density at radius 2 is 2.05 bits per heavy atom. The molecule has 2 aromatic rings. The van der Waals surface area contributed by atoms with E-state index in [1.54, 1.807) is 11.3 Å². The van der Waals surface area contributed by atoms with Crippen LogP contribution in [0.25, 0.3) is 0 Å². The van der Waals surface area contributed by atoms with Gasteiger partial charge >= 0.3 is 0 Å². The van der Waals surface area contributed by atoms with Gasteiger partial charge in [0.05, 0.1) is 6.10 Å². The van der Waals surface area contributed by atoms with Crippen LogP contribution in [0.15, 0.2) is 35.8 Å². The van der Waals surface area contributed by atoms with Crippen molar-refractivity contribution in [2.24, 2.45) is 0 Å². The normalized spacial score (nSPS) is 17.6. The molecule has 22 heavy (non-hydrogen) atoms. The average molecular weight is 317 g/mol. The third-order valence-corrected chi connectivity index (χ3v) is 5.08. The van der Waals surface area contributed by atoms with Crippen molar-refractivity contribution in [2.45, 2.75) is 31.9 Å². The van der Waals surface area contributed by atoms with Crippen molar-refractivity contribution in [3.8, 4) is 0 Å². The minimum atomic E-state index is -0.433. The Balaban J connectivity index is 1.44. The van der Waals surface area contributed by atoms with E-state index in [2.05, 4.69) is 22.1 Å². The molecule has 1 aromatic carbocycles. The van der Waals surface area contributed by atoms with E-state index in [1.165, 1.54) is 5.56 Å². The Morgan fingerprint density at radius 3 is 2.68 bits per heavy atom. The summed E-state index contributed by atoms with van der Waals surface area (Å²) in [6, 6.07) is 8.59. The molecule has 0 unspecified atom stereocenters. The van der Waals surface area contributed by atoms with E-state index in [0.717, 1.165) is 36.6 Å². The molecule has 118 valence electrons. The fourth-order valence-electron chi connectivity index (χ4n) is 2.83. The zero-order valence-electron chi connectivity index (χ0n) is 12.9. The summed E-state index contributed by atoms with van der Waals surface area (Å²) in [6.07, 6.45) is 3.63. The van der Waals surface area contributed by atoms with E-state index in [-0.39, 0.29) is 0 Å². The first-order valence-electron chi connectivity index (χ1n) is 7.85. The SMILES string of the molecule is Cc1ccc([C@@H](O)CNC2CCN(c3nccs3)CC2)cc1. The number of piperidine rings is 1. The van der Waals surface area contributed by atoms with Crippen molar-refractivity contribution in [2.75, 3.05) is 24.5 Å². The quantitative estimate of drug-likeness (QED) is 0.890. The van der Waals surface area contributed by atoms with Gasteiger partial charge in [-0.2, -0.15) is 0 Å². The zero-order chi connectivity index (χ0) is 15.4. The van der Waals surface area contributed by atoms with Gasteiger partial charge in [0.25, 0.3) is 0 Å². The second-order valence-electron chi connectivity index (χ2n) is 5.91. The van der Waals surface area contributed by atoms with Crippen molar-refractivity contribution < 1.29 is 5.11 Å². The standard InChI is InChI=1S/C17H23N3OS/c1-13-2-4-14(5-3-13)16(21)12-19-15-6-9-20(10-7-15)17-18-8-11-22-17/h2-5,8,11,15-16,19,21H,6-7,9-10,12H2,1H3/t16-/m0/s1. The van der Waals surface area contributed by atoms with Crippen molar-refractivity contribution in [3.63, 3.8) is 0 Å². The van der Waals surface area contributed by atoms with Gasteiger partial charge in [-0.05, 0) is 25.3 Å². The number of aromatic nitrogens is 1. The average Bonchev–Trinajstić information content (AvgIpc) is 3.08. The van der Waals surface area contributed by atoms with E-state index in [1.807, 2.05) is 35.8 Å². The Kier molecular flexibility index (Phi) is 5.08. The van der Waals surface area contributed by atoms with Gasteiger partial charge in [-0.15, -0.1) is 11.3 Å². The zero-order valence-corrected chi connectivity index (χ0v) is 13.7. The molecule has 5 heteroatoms. The molecule has 1 saturated heterocycles. The van der Waals surface area contributed by atoms with Crippen LogP contribution in [0.3, 0.4) is 0 Å². The maximum absolute atomic E-state index is 10.3. The predicted molar refractivity (Wildman–Crippen MR) is 91.5 cm³/mol. The number of anilines is 1. The summed E-state index contributed by atoms with van der Waals surface area (Å²) in [5.41, 5.74) is 2.21. The number of rotatable bonds is 5. The Bertz CT molecular complexity index is 562. The molecule has 0 bridgehead atoms. The van der Waals surface area contributed by atoms with Crippen LogP contribution in [-0.4, -0.2) is 35.8 Å². The molecule has 1 aliphatic heterocycles. The molecule has 2 N–H and O–H groups in total. The summed E-state index contributed by atoms with van der Waals surface area (Å²) in [5.74, 6) is 0. The van der Waals surface area contributed by atoms with E-state index >= 15 is 0 Å². The molecular formula is C17H23N3OS. The number of aryl methyl sites for hydroxylation is 1. The molecule has 0 saturated carbocycles. The number of nitrogens with one attached hydrogen (secondary N) is 1. The first kappa shape index (κ1) is 15.5. The Hall–Kier alpha value is -1.43. The number of aliphatic hydroxyl groups is 1. The number of benzene rings is 1. The maximum atomic E-state index is 10.3. The van der Waals surface area contributed by atoms with E-state index in [9.17, 15) is 5.11 Å². The smallest absolute Gasteiger partial charge is 0.185 e. The van der Waals surface area contributed by atoms with Crippen LogP contribution in [0.2, 0.25) is 0 Å². The topological polar surface area (TPSA) is 48.4 Å². The van der Waals surface area contributed by atoms with Crippen LogP contribution in [0.5, 0.6) is 0 Å². The third-order valence-electron chi connectivity index (χ3n) is 4.25. The molecular weight excluding hydrogens is 294 g/mol. The van der Waals surface area contributed by atoms with E-state index < -0.39 is 6.10 Å². The molecule has 1 atom stereocenters. The lowest BCUT2D eigenvalue weighted by Crippen LogP contribution is -2.43. The van der Waals surface area contributed by atoms with Gasteiger partial charge in [0, 0.05) is 37.3 Å². The van der Waals surface area contributed by atoms with E-state index in [4.69, 9.17) is 0 Å². The summed E-state index contributed by atoms with van der Waals surface area (Å²) in [4.78, 5) is 6.72. The summed E-state index contributed by atoms with van der Waals surface area (Å²) in [5, 5.41) is 16.9. The molecule has 0 amide bonds. The number of aliphatic hydroxyl groups excluding tert-OH is 1. The minimum Gasteiger partial charge on any atom is -0.387 e. The highest BCUT2D eigenvalue weighted by Crippen LogP contribution is 2.22. The summed E-state index contributed by atoms with van der Waals surface area (Å²) in [7, 11) is 0. The highest BCUT2D eigenvalue weighted by atomic mass is 32.1. The summed E-state index contributed by atoms with van der Waals surface area (Å²) in [6.45, 7) is 4.74. The first-order chi connectivity index (χ1) is 10.7. The Labute approximate surface area is 135 Å². The monoisotopic (exact) mass is 317 g/mol. The molecule has 0 aliphatic carbocycles. The van der Waals surface area contributed by atoms with E-state index in [0.29, 0.717) is 12.6 Å². The van der Waals surface area contributed by atoms with Crippen molar-refractivity contribution in [3.05, 3.63) is 47.0 Å². The number of thiazole rings is 1. The molecule has 1 aliphatic rings. The van der Waals surface area contributed by atoms with Crippen LogP contribution < -0.4 is 10.2 Å². The molecule has 1 aromatic heterocycles. The third kappa shape index (κ3) is 3.85. The fraction of sp³-hybridized carbons (Fsp3) is 0.471. The van der Waals surface area contributed by atoms with Crippen LogP contribution >= 0.6 is 11.3 Å². The number of hydrogen-bond donors (Lipinski definition) is 2. The molecule has 0 radical (unpaired) electrons. The van der Waals surface area contributed by atoms with Gasteiger partial charge in [0.2, 0.25) is 0 Å². The summed E-state index contributed by atoms with van der Waals surface area (Å²) < 4.78 is 0. The van der Waals surface area contributed by atoms with Gasteiger partial charge in [-0.25, -0.2) is 4.98 Å². The minimum absolute atomic E-state index is 0.433. The fourth-order valence-corrected chi connectivity index (χ4v) is 3.53. The number of nitrogens with zero attached hydrogens (tertiary/aromatic N) is 2. The van der Waals surface area contributed by atoms with Crippen LogP contribution in [0.4, 0.5) is 5.13 Å². The van der Waals surface area contributed by atoms with Crippen molar-refractivity contribution in [1.82, 2.24) is 10.3 Å². The van der Waals surface area contributed by atoms with Gasteiger partial charge < -0.3 is 15.3 Å². The molecule has 1 fully saturated rings. The van der Waals surface area contributed by atoms with Gasteiger partial charge in [0.15, 0.2) is 5.13 Å². The lowest BCUT2D eigenvalue weighted by Gasteiger charge is -2.32. The molecule has 2 heterocycles. The van der Waals surface area contributed by atoms with Gasteiger partial charge in [0.1, 0.15) is 0 Å². The molecule has 4 nitrogen and oxygen atoms in total. The lowest BCUT2D eigenvalue weighted by molar-refractivity contribution is 0.167. The summed E-state index contributed by atoms with van der Waals surface area (Å²) >= 11 is 1.70. The van der Waals surface area contributed by atoms with Crippen molar-refractivity contribution in [1.29, 1.82) is 0 Å².